The van der Waals surface area contributed by atoms with Crippen molar-refractivity contribution >= 4 is 99.4 Å². The molecular weight excluding hydrogens is 1250 g/mol. The van der Waals surface area contributed by atoms with E-state index in [2.05, 4.69) is 94.6 Å². The Balaban J connectivity index is 0.000000153. The van der Waals surface area contributed by atoms with Crippen molar-refractivity contribution in [3.05, 3.63) is 191 Å². The molecule has 2 saturated carbocycles. The molecule has 0 bridgehead atoms. The van der Waals surface area contributed by atoms with Gasteiger partial charge in [0.05, 0.1) is 95.4 Å². The van der Waals surface area contributed by atoms with Gasteiger partial charge in [-0.15, -0.1) is 0 Å². The van der Waals surface area contributed by atoms with E-state index in [1.807, 2.05) is 86.7 Å². The summed E-state index contributed by atoms with van der Waals surface area (Å²) < 4.78 is 25.8. The van der Waals surface area contributed by atoms with Crippen molar-refractivity contribution in [1.82, 2.24) is 0 Å². The molecule has 3 amide bonds. The molecule has 0 aromatic heterocycles. The molecule has 6 aliphatic rings. The van der Waals surface area contributed by atoms with Crippen LogP contribution in [0.1, 0.15) is 122 Å². The lowest BCUT2D eigenvalue weighted by molar-refractivity contribution is -0.929. The number of hydrogen-bond acceptors (Lipinski definition) is 7. The molecule has 0 radical (unpaired) electrons. The summed E-state index contributed by atoms with van der Waals surface area (Å²) in [5.74, 6) is 1.62. The minimum Gasteiger partial charge on any atom is -0.488 e. The monoisotopic (exact) mass is 1340 g/mol. The van der Waals surface area contributed by atoms with Crippen LogP contribution in [0.4, 0.5) is 17.1 Å². The van der Waals surface area contributed by atoms with Gasteiger partial charge in [-0.25, -0.2) is 0 Å². The van der Waals surface area contributed by atoms with Crippen LogP contribution in [-0.4, -0.2) is 125 Å². The summed E-state index contributed by atoms with van der Waals surface area (Å²) in [5, 5.41) is 11.0. The van der Waals surface area contributed by atoms with Crippen molar-refractivity contribution in [2.45, 2.75) is 129 Å². The maximum Gasteiger partial charge on any atom is 0.255 e. The van der Waals surface area contributed by atoms with E-state index in [0.717, 1.165) is 128 Å². The van der Waals surface area contributed by atoms with E-state index < -0.39 is 0 Å². The first kappa shape index (κ1) is 69.2. The van der Waals surface area contributed by atoms with Gasteiger partial charge in [-0.05, 0) is 167 Å². The van der Waals surface area contributed by atoms with Crippen LogP contribution in [0.25, 0.3) is 18.2 Å². The molecule has 0 spiro atoms. The number of ether oxygens (including phenoxy) is 4. The molecule has 6 aromatic carbocycles. The highest BCUT2D eigenvalue weighted by Crippen LogP contribution is 2.40. The molecule has 1 saturated heterocycles. The van der Waals surface area contributed by atoms with Gasteiger partial charge < -0.3 is 48.3 Å². The smallest absolute Gasteiger partial charge is 0.255 e. The lowest BCUT2D eigenvalue weighted by atomic mass is 9.92. The van der Waals surface area contributed by atoms with Crippen LogP contribution in [0.2, 0.25) is 20.1 Å². The number of fused-ring (bicyclic) bond motifs is 3. The summed E-state index contributed by atoms with van der Waals surface area (Å²) in [6.45, 7) is 9.24. The van der Waals surface area contributed by atoms with Crippen LogP contribution in [-0.2, 0) is 38.8 Å². The Morgan fingerprint density at radius 1 is 0.419 bits per heavy atom. The number of carbonyl (C=O) groups is 3. The quantitative estimate of drug-likeness (QED) is 0.0875. The minimum atomic E-state index is -0.178. The van der Waals surface area contributed by atoms with E-state index in [4.69, 9.17) is 65.4 Å². The number of nitrogens with one attached hydrogen (secondary N) is 3. The van der Waals surface area contributed by atoms with Crippen molar-refractivity contribution in [1.29, 1.82) is 0 Å². The Kier molecular flexibility index (Phi) is 22.9. The zero-order valence-electron chi connectivity index (χ0n) is 55.2. The Labute approximate surface area is 570 Å². The minimum absolute atomic E-state index is 0.144. The molecule has 492 valence electrons. The fourth-order valence-electron chi connectivity index (χ4n) is 13.9. The fraction of sp³-hybridized carbons (Fsp3) is 0.408. The fourth-order valence-corrected chi connectivity index (χ4v) is 14.9. The van der Waals surface area contributed by atoms with E-state index in [1.165, 1.54) is 80.9 Å². The molecule has 12 rings (SSSR count). The standard InChI is InChI=1S/C26H31ClN2O2.C25H28Cl2N2O2.C25H29ClN2O3/c1-18-13-22(27)15-20-14-21(17-31-25(18)20)26(30)28-23-11-9-19(10-12-23)16-29(2,3)24-7-5-4-6-8-24;1-29(2,21-6-4-3-5-7-21)15-17-8-11-20(12-9-17)28-25(30)19-14-18-10-13-22(26)23(27)24(18)31-16-19;1-17-12-21(26)14-19-13-20(16-31-24(17)19)25(29)27-22-6-4-18(5-7-22)15-28(2,3)23-8-10-30-11-9-23/h9-15,24H,4-8,16-17H2,1-3H3;8-14,21H,3-7,15-16H2,1-2H3;4-7,12-14,23H,8-11,15-16H2,1-3H3/p+3. The second-order valence-electron chi connectivity index (χ2n) is 27.6. The number of nitrogens with zero attached hydrogens (tertiary/aromatic N) is 3. The zero-order chi connectivity index (χ0) is 66.0. The molecular formula is C76H91Cl4N6O7+3. The number of aryl methyl sites for hydroxylation is 2. The molecule has 17 heteroatoms. The first-order valence-electron chi connectivity index (χ1n) is 32.8. The number of quaternary nitrogens is 3. The van der Waals surface area contributed by atoms with E-state index >= 15 is 0 Å². The highest BCUT2D eigenvalue weighted by molar-refractivity contribution is 6.43. The predicted octanol–water partition coefficient (Wildman–Crippen LogP) is 17.1. The van der Waals surface area contributed by atoms with E-state index in [9.17, 15) is 14.4 Å². The molecule has 3 fully saturated rings. The second-order valence-corrected chi connectivity index (χ2v) is 29.3. The lowest BCUT2D eigenvalue weighted by Gasteiger charge is -2.40. The lowest BCUT2D eigenvalue weighted by Crippen LogP contribution is -2.50. The number of amides is 3. The Bertz CT molecular complexity index is 3590. The van der Waals surface area contributed by atoms with E-state index in [0.29, 0.717) is 48.6 Å². The van der Waals surface area contributed by atoms with E-state index in [-0.39, 0.29) is 37.5 Å². The van der Waals surface area contributed by atoms with Crippen molar-refractivity contribution in [3.63, 3.8) is 0 Å². The first-order chi connectivity index (χ1) is 44.5. The van der Waals surface area contributed by atoms with Gasteiger partial charge in [-0.3, -0.25) is 14.4 Å². The predicted molar refractivity (Wildman–Crippen MR) is 379 cm³/mol. The molecule has 0 unspecified atom stereocenters. The number of anilines is 3. The molecule has 93 heavy (non-hydrogen) atoms. The summed E-state index contributed by atoms with van der Waals surface area (Å²) in [7, 11) is 13.9. The third-order valence-corrected chi connectivity index (χ3v) is 20.5. The number of halogens is 4. The van der Waals surface area contributed by atoms with Crippen molar-refractivity contribution in [3.8, 4) is 17.2 Å². The maximum absolute atomic E-state index is 12.8. The Morgan fingerprint density at radius 3 is 1.12 bits per heavy atom. The van der Waals surface area contributed by atoms with Crippen LogP contribution in [0, 0.1) is 13.8 Å². The van der Waals surface area contributed by atoms with Crippen LogP contribution >= 0.6 is 46.4 Å². The third kappa shape index (κ3) is 18.2. The van der Waals surface area contributed by atoms with Gasteiger partial charge in [0.2, 0.25) is 0 Å². The summed E-state index contributed by atoms with van der Waals surface area (Å²) >= 11 is 24.5. The molecule has 2 aliphatic carbocycles. The van der Waals surface area contributed by atoms with Crippen LogP contribution in [0.5, 0.6) is 17.2 Å². The SMILES string of the molecule is C[N+](C)(Cc1ccc(NC(=O)C2=Cc3ccc(Cl)c(Cl)c3OC2)cc1)C1CCCCC1.Cc1cc(Cl)cc2c1OCC(C(=O)Nc1ccc(C[N+](C)(C)C3CCCCC3)cc1)=C2.Cc1cc(Cl)cc2c1OCC(C(=O)Nc1ccc(C[N+](C)(C)C3CCOCC3)cc1)=C2. The van der Waals surface area contributed by atoms with Gasteiger partial charge in [-0.2, -0.15) is 0 Å². The third-order valence-electron chi connectivity index (χ3n) is 19.3. The van der Waals surface area contributed by atoms with Crippen LogP contribution in [0.3, 0.4) is 0 Å². The van der Waals surface area contributed by atoms with Gasteiger partial charge in [0.1, 0.15) is 61.7 Å². The molecule has 13 nitrogen and oxygen atoms in total. The van der Waals surface area contributed by atoms with Gasteiger partial charge in [-0.1, -0.05) is 95.6 Å². The van der Waals surface area contributed by atoms with Gasteiger partial charge in [0.15, 0.2) is 0 Å². The molecule has 4 aliphatic heterocycles. The normalized spacial score (nSPS) is 16.8. The van der Waals surface area contributed by atoms with Gasteiger partial charge in [0.25, 0.3) is 17.7 Å². The van der Waals surface area contributed by atoms with Crippen molar-refractivity contribution < 1.29 is 46.8 Å². The molecule has 6 aromatic rings. The molecule has 0 atom stereocenters. The number of rotatable bonds is 15. The Morgan fingerprint density at radius 2 is 0.753 bits per heavy atom. The van der Waals surface area contributed by atoms with E-state index in [1.54, 1.807) is 18.2 Å². The average molecular weight is 1340 g/mol. The Hall–Kier alpha value is -6.65. The largest absolute Gasteiger partial charge is 0.488 e. The van der Waals surface area contributed by atoms with Crippen LogP contribution in [0.15, 0.2) is 126 Å². The summed E-state index contributed by atoms with van der Waals surface area (Å²) in [6, 6.07) is 37.5. The highest BCUT2D eigenvalue weighted by Gasteiger charge is 2.33. The molecule has 4 heterocycles. The number of hydrogen-bond donors (Lipinski definition) is 3. The number of benzene rings is 6. The zero-order valence-corrected chi connectivity index (χ0v) is 58.2. The van der Waals surface area contributed by atoms with Gasteiger partial charge >= 0.3 is 0 Å². The number of carbonyl (C=O) groups excluding carboxylic acids is 3. The second kappa shape index (κ2) is 30.8. The highest BCUT2D eigenvalue weighted by atomic mass is 35.5. The van der Waals surface area contributed by atoms with Crippen molar-refractivity contribution in [2.75, 3.05) is 91.3 Å². The van der Waals surface area contributed by atoms with Gasteiger partial charge in [0, 0.05) is 73.3 Å². The first-order valence-corrected chi connectivity index (χ1v) is 34.3. The van der Waals surface area contributed by atoms with Crippen molar-refractivity contribution in [2.24, 2.45) is 0 Å². The van der Waals surface area contributed by atoms with Crippen LogP contribution < -0.4 is 30.2 Å². The molecule has 3 N–H and O–H groups in total. The topological polar surface area (TPSA) is 124 Å². The maximum atomic E-state index is 12.8. The summed E-state index contributed by atoms with van der Waals surface area (Å²) in [5.41, 5.74) is 12.3. The summed E-state index contributed by atoms with van der Waals surface area (Å²) in [4.78, 5) is 38.3. The average Bonchev–Trinajstić information content (AvgIpc) is 1.25. The summed E-state index contributed by atoms with van der Waals surface area (Å²) in [6.07, 6.45) is 21.2.